The normalized spacial score (nSPS) is 14.5. The molecule has 0 aliphatic carbocycles. The van der Waals surface area contributed by atoms with Crippen LogP contribution in [0, 0.1) is 0 Å². The van der Waals surface area contributed by atoms with Crippen LogP contribution in [0.2, 0.25) is 0 Å². The molecule has 124 valence electrons. The lowest BCUT2D eigenvalue weighted by Gasteiger charge is -2.15. The highest BCUT2D eigenvalue weighted by molar-refractivity contribution is 5.83. The van der Waals surface area contributed by atoms with Gasteiger partial charge in [-0.1, -0.05) is 0 Å². The van der Waals surface area contributed by atoms with Crippen molar-refractivity contribution in [1.29, 1.82) is 0 Å². The van der Waals surface area contributed by atoms with Gasteiger partial charge in [0.15, 0.2) is 5.82 Å². The summed E-state index contributed by atoms with van der Waals surface area (Å²) in [5.41, 5.74) is 1.20. The Hall–Kier alpha value is -2.83. The van der Waals surface area contributed by atoms with Crippen molar-refractivity contribution in [2.24, 2.45) is 7.05 Å². The third-order valence-corrected chi connectivity index (χ3v) is 4.57. The van der Waals surface area contributed by atoms with Crippen LogP contribution in [0.3, 0.4) is 0 Å². The summed E-state index contributed by atoms with van der Waals surface area (Å²) in [5.74, 6) is 2.04. The number of aromatic amines is 1. The first-order valence-corrected chi connectivity index (χ1v) is 8.03. The summed E-state index contributed by atoms with van der Waals surface area (Å²) < 4.78 is 7.12. The SMILES string of the molecule is COc1ccc2[nH]cc(-c3nnc(N4CCCC4)n3C)c(=O)c2c1. The molecule has 0 atom stereocenters. The van der Waals surface area contributed by atoms with Crippen molar-refractivity contribution in [3.05, 3.63) is 34.6 Å². The van der Waals surface area contributed by atoms with Gasteiger partial charge in [0, 0.05) is 37.2 Å². The number of methoxy groups -OCH3 is 1. The fourth-order valence-corrected chi connectivity index (χ4v) is 3.24. The lowest BCUT2D eigenvalue weighted by Crippen LogP contribution is -2.21. The van der Waals surface area contributed by atoms with Gasteiger partial charge in [-0.25, -0.2) is 0 Å². The second kappa shape index (κ2) is 5.67. The molecular formula is C17H19N5O2. The van der Waals surface area contributed by atoms with Crippen LogP contribution in [0.15, 0.2) is 29.2 Å². The van der Waals surface area contributed by atoms with Gasteiger partial charge in [-0.05, 0) is 31.0 Å². The Balaban J connectivity index is 1.85. The van der Waals surface area contributed by atoms with E-state index in [0.29, 0.717) is 22.5 Å². The van der Waals surface area contributed by atoms with Crippen LogP contribution >= 0.6 is 0 Å². The number of nitrogens with one attached hydrogen (secondary N) is 1. The molecule has 0 bridgehead atoms. The van der Waals surface area contributed by atoms with E-state index in [1.807, 2.05) is 23.7 Å². The number of hydrogen-bond acceptors (Lipinski definition) is 5. The second-order valence-corrected chi connectivity index (χ2v) is 6.02. The first kappa shape index (κ1) is 14.7. The van der Waals surface area contributed by atoms with Crippen molar-refractivity contribution in [1.82, 2.24) is 19.7 Å². The summed E-state index contributed by atoms with van der Waals surface area (Å²) >= 11 is 0. The van der Waals surface area contributed by atoms with E-state index in [9.17, 15) is 4.79 Å². The van der Waals surface area contributed by atoms with Crippen molar-refractivity contribution >= 4 is 16.9 Å². The maximum absolute atomic E-state index is 12.9. The van der Waals surface area contributed by atoms with Crippen molar-refractivity contribution in [2.75, 3.05) is 25.1 Å². The summed E-state index contributed by atoms with van der Waals surface area (Å²) in [6.07, 6.45) is 4.03. The average Bonchev–Trinajstić information content (AvgIpc) is 3.25. The maximum Gasteiger partial charge on any atom is 0.227 e. The molecule has 1 N–H and O–H groups in total. The minimum absolute atomic E-state index is 0.0777. The Morgan fingerprint density at radius 2 is 2.00 bits per heavy atom. The van der Waals surface area contributed by atoms with E-state index in [-0.39, 0.29) is 5.43 Å². The molecule has 2 aromatic heterocycles. The average molecular weight is 325 g/mol. The molecule has 1 fully saturated rings. The van der Waals surface area contributed by atoms with Gasteiger partial charge in [-0.15, -0.1) is 10.2 Å². The minimum atomic E-state index is -0.0777. The number of benzene rings is 1. The van der Waals surface area contributed by atoms with E-state index in [0.717, 1.165) is 24.6 Å². The first-order chi connectivity index (χ1) is 11.7. The Bertz CT molecular complexity index is 953. The lowest BCUT2D eigenvalue weighted by molar-refractivity contribution is 0.415. The standard InChI is InChI=1S/C17H19N5O2/c1-21-16(19-20-17(21)22-7-3-4-8-22)13-10-18-14-6-5-11(24-2)9-12(14)15(13)23/h5-6,9-10H,3-4,7-8H2,1-2H3,(H,18,23). The van der Waals surface area contributed by atoms with E-state index in [1.165, 1.54) is 12.8 Å². The summed E-state index contributed by atoms with van der Waals surface area (Å²) in [5, 5.41) is 9.13. The zero-order valence-corrected chi connectivity index (χ0v) is 13.7. The highest BCUT2D eigenvalue weighted by atomic mass is 16.5. The summed E-state index contributed by atoms with van der Waals surface area (Å²) in [6.45, 7) is 1.97. The molecule has 0 spiro atoms. The van der Waals surface area contributed by atoms with Crippen LogP contribution in [-0.4, -0.2) is 39.9 Å². The van der Waals surface area contributed by atoms with E-state index in [1.54, 1.807) is 19.4 Å². The molecular weight excluding hydrogens is 306 g/mol. The van der Waals surface area contributed by atoms with Gasteiger partial charge in [-0.2, -0.15) is 0 Å². The summed E-state index contributed by atoms with van der Waals surface area (Å²) in [7, 11) is 3.49. The Labute approximate surface area is 138 Å². The number of aromatic nitrogens is 4. The fourth-order valence-electron chi connectivity index (χ4n) is 3.24. The number of hydrogen-bond donors (Lipinski definition) is 1. The van der Waals surface area contributed by atoms with E-state index >= 15 is 0 Å². The van der Waals surface area contributed by atoms with Crippen molar-refractivity contribution < 1.29 is 4.74 Å². The number of nitrogens with zero attached hydrogens (tertiary/aromatic N) is 4. The van der Waals surface area contributed by atoms with Gasteiger partial charge in [0.05, 0.1) is 12.7 Å². The van der Waals surface area contributed by atoms with E-state index in [4.69, 9.17) is 4.74 Å². The predicted molar refractivity (Wildman–Crippen MR) is 92.6 cm³/mol. The van der Waals surface area contributed by atoms with Gasteiger partial charge in [0.25, 0.3) is 0 Å². The molecule has 1 saturated heterocycles. The van der Waals surface area contributed by atoms with Crippen LogP contribution in [0.25, 0.3) is 22.3 Å². The van der Waals surface area contributed by atoms with Gasteiger partial charge >= 0.3 is 0 Å². The number of H-pyrrole nitrogens is 1. The zero-order chi connectivity index (χ0) is 16.7. The lowest BCUT2D eigenvalue weighted by atomic mass is 10.1. The fraction of sp³-hybridized carbons (Fsp3) is 0.353. The van der Waals surface area contributed by atoms with E-state index < -0.39 is 0 Å². The van der Waals surface area contributed by atoms with Crippen molar-refractivity contribution in [3.63, 3.8) is 0 Å². The Kier molecular flexibility index (Phi) is 3.48. The van der Waals surface area contributed by atoms with E-state index in [2.05, 4.69) is 20.1 Å². The number of anilines is 1. The van der Waals surface area contributed by atoms with Crippen molar-refractivity contribution in [3.8, 4) is 17.1 Å². The largest absolute Gasteiger partial charge is 0.497 e. The van der Waals surface area contributed by atoms with Gasteiger partial charge in [-0.3, -0.25) is 9.36 Å². The van der Waals surface area contributed by atoms with Crippen LogP contribution in [-0.2, 0) is 7.05 Å². The monoisotopic (exact) mass is 325 g/mol. The highest BCUT2D eigenvalue weighted by Crippen LogP contribution is 2.24. The Morgan fingerprint density at radius 1 is 1.21 bits per heavy atom. The predicted octanol–water partition coefficient (Wildman–Crippen LogP) is 1.93. The van der Waals surface area contributed by atoms with Crippen LogP contribution in [0.4, 0.5) is 5.95 Å². The molecule has 0 saturated carbocycles. The molecule has 1 aromatic carbocycles. The summed E-state index contributed by atoms with van der Waals surface area (Å²) in [6, 6.07) is 5.41. The molecule has 0 unspecified atom stereocenters. The molecule has 4 rings (SSSR count). The number of ether oxygens (including phenoxy) is 1. The number of fused-ring (bicyclic) bond motifs is 1. The van der Waals surface area contributed by atoms with Gasteiger partial charge in [0.2, 0.25) is 11.4 Å². The molecule has 1 aliphatic heterocycles. The molecule has 0 radical (unpaired) electrons. The van der Waals surface area contributed by atoms with Crippen LogP contribution in [0.5, 0.6) is 5.75 Å². The zero-order valence-electron chi connectivity index (χ0n) is 13.7. The van der Waals surface area contributed by atoms with Gasteiger partial charge < -0.3 is 14.6 Å². The number of rotatable bonds is 3. The topological polar surface area (TPSA) is 76.0 Å². The number of pyridine rings is 1. The third-order valence-electron chi connectivity index (χ3n) is 4.57. The first-order valence-electron chi connectivity index (χ1n) is 8.03. The molecule has 7 heteroatoms. The molecule has 0 amide bonds. The molecule has 7 nitrogen and oxygen atoms in total. The molecule has 1 aliphatic rings. The summed E-state index contributed by atoms with van der Waals surface area (Å²) in [4.78, 5) is 18.3. The third kappa shape index (κ3) is 2.24. The van der Waals surface area contributed by atoms with Crippen LogP contribution in [0.1, 0.15) is 12.8 Å². The highest BCUT2D eigenvalue weighted by Gasteiger charge is 2.21. The molecule has 24 heavy (non-hydrogen) atoms. The second-order valence-electron chi connectivity index (χ2n) is 6.02. The smallest absolute Gasteiger partial charge is 0.227 e. The van der Waals surface area contributed by atoms with Gasteiger partial charge in [0.1, 0.15) is 5.75 Å². The minimum Gasteiger partial charge on any atom is -0.497 e. The quantitative estimate of drug-likeness (QED) is 0.796. The van der Waals surface area contributed by atoms with Crippen LogP contribution < -0.4 is 15.1 Å². The van der Waals surface area contributed by atoms with Crippen molar-refractivity contribution in [2.45, 2.75) is 12.8 Å². The Morgan fingerprint density at radius 3 is 2.75 bits per heavy atom. The molecule has 3 aromatic rings. The molecule has 3 heterocycles. The maximum atomic E-state index is 12.9.